The van der Waals surface area contributed by atoms with Crippen LogP contribution in [-0.2, 0) is 16.1 Å². The number of carbonyl (C=O) groups excluding carboxylic acids is 1. The fraction of sp³-hybridized carbons (Fsp3) is 0.577. The number of hydrogen-bond acceptors (Lipinski definition) is 7. The largest absolute Gasteiger partial charge is 0.378 e. The number of benzene rings is 1. The van der Waals surface area contributed by atoms with Gasteiger partial charge in [0.1, 0.15) is 18.0 Å². The van der Waals surface area contributed by atoms with Crippen LogP contribution in [0.2, 0.25) is 0 Å². The summed E-state index contributed by atoms with van der Waals surface area (Å²) >= 11 is 0. The highest BCUT2D eigenvalue weighted by molar-refractivity contribution is 5.75. The summed E-state index contributed by atoms with van der Waals surface area (Å²) in [6, 6.07) is 11.2. The highest BCUT2D eigenvalue weighted by Gasteiger charge is 2.23. The minimum absolute atomic E-state index is 0.145. The highest BCUT2D eigenvalue weighted by atomic mass is 16.5. The van der Waals surface area contributed by atoms with Crippen LogP contribution in [0.4, 0.5) is 17.3 Å². The Hall–Kier alpha value is -2.87. The molecule has 1 saturated carbocycles. The lowest BCUT2D eigenvalue weighted by Crippen LogP contribution is -2.36. The van der Waals surface area contributed by atoms with Crippen molar-refractivity contribution in [3.8, 4) is 0 Å². The van der Waals surface area contributed by atoms with E-state index in [4.69, 9.17) is 4.74 Å². The standard InChI is InChI=1S/C26H36N6O2/c33-26(27-18-21-1-6-23(7-2-21)31-13-15-34-16-14-31)8-3-20-9-11-32(12-10-20)25-17-24(28-19-29-25)30-22-4-5-22/h1-2,6-7,17,19-20,22H,3-5,8-16,18H2,(H,27,33)(H,28,29,30). The Morgan fingerprint density at radius 1 is 0.971 bits per heavy atom. The maximum atomic E-state index is 12.4. The predicted octanol–water partition coefficient (Wildman–Crippen LogP) is 3.20. The van der Waals surface area contributed by atoms with E-state index < -0.39 is 0 Å². The van der Waals surface area contributed by atoms with Gasteiger partial charge in [-0.15, -0.1) is 0 Å². The van der Waals surface area contributed by atoms with Crippen LogP contribution in [0.3, 0.4) is 0 Å². The molecular weight excluding hydrogens is 428 g/mol. The van der Waals surface area contributed by atoms with Crippen LogP contribution in [0.1, 0.15) is 44.1 Å². The predicted molar refractivity (Wildman–Crippen MR) is 134 cm³/mol. The minimum atomic E-state index is 0.145. The lowest BCUT2D eigenvalue weighted by Gasteiger charge is -2.32. The van der Waals surface area contributed by atoms with Gasteiger partial charge in [0.05, 0.1) is 13.2 Å². The highest BCUT2D eigenvalue weighted by Crippen LogP contribution is 2.28. The maximum Gasteiger partial charge on any atom is 0.220 e. The fourth-order valence-corrected chi connectivity index (χ4v) is 4.76. The minimum Gasteiger partial charge on any atom is -0.378 e. The number of aromatic nitrogens is 2. The van der Waals surface area contributed by atoms with Gasteiger partial charge in [0.15, 0.2) is 0 Å². The van der Waals surface area contributed by atoms with Crippen molar-refractivity contribution >= 4 is 23.2 Å². The number of anilines is 3. The summed E-state index contributed by atoms with van der Waals surface area (Å²) < 4.78 is 5.42. The maximum absolute atomic E-state index is 12.4. The number of carbonyl (C=O) groups is 1. The SMILES string of the molecule is O=C(CCC1CCN(c2cc(NC3CC3)ncn2)CC1)NCc1ccc(N2CCOCC2)cc1. The molecule has 8 heteroatoms. The fourth-order valence-electron chi connectivity index (χ4n) is 4.76. The third kappa shape index (κ3) is 6.38. The van der Waals surface area contributed by atoms with Gasteiger partial charge >= 0.3 is 0 Å². The zero-order chi connectivity index (χ0) is 23.2. The molecule has 2 N–H and O–H groups in total. The van der Waals surface area contributed by atoms with E-state index >= 15 is 0 Å². The van der Waals surface area contributed by atoms with E-state index in [-0.39, 0.29) is 5.91 Å². The Kier molecular flexibility index (Phi) is 7.43. The summed E-state index contributed by atoms with van der Waals surface area (Å²) in [6.45, 7) is 6.01. The molecule has 182 valence electrons. The number of rotatable bonds is 9. The zero-order valence-corrected chi connectivity index (χ0v) is 19.9. The Morgan fingerprint density at radius 3 is 2.47 bits per heavy atom. The molecule has 3 fully saturated rings. The van der Waals surface area contributed by atoms with E-state index in [2.05, 4.69) is 60.7 Å². The molecule has 3 heterocycles. The quantitative estimate of drug-likeness (QED) is 0.590. The first-order valence-electron chi connectivity index (χ1n) is 12.7. The summed E-state index contributed by atoms with van der Waals surface area (Å²) in [4.78, 5) is 25.9. The van der Waals surface area contributed by atoms with Crippen LogP contribution in [0.5, 0.6) is 0 Å². The molecule has 34 heavy (non-hydrogen) atoms. The van der Waals surface area contributed by atoms with E-state index in [0.717, 1.165) is 75.9 Å². The molecule has 0 radical (unpaired) electrons. The molecular formula is C26H36N6O2. The van der Waals surface area contributed by atoms with Crippen molar-refractivity contribution in [2.24, 2.45) is 5.92 Å². The molecule has 0 bridgehead atoms. The molecule has 2 aromatic rings. The molecule has 0 atom stereocenters. The average molecular weight is 465 g/mol. The second kappa shape index (κ2) is 11.0. The van der Waals surface area contributed by atoms with Crippen LogP contribution in [0, 0.1) is 5.92 Å². The van der Waals surface area contributed by atoms with E-state index in [1.54, 1.807) is 6.33 Å². The summed E-state index contributed by atoms with van der Waals surface area (Å²) in [5.41, 5.74) is 2.36. The zero-order valence-electron chi connectivity index (χ0n) is 19.9. The summed E-state index contributed by atoms with van der Waals surface area (Å²) in [6.07, 6.45) is 7.89. The van der Waals surface area contributed by atoms with Gasteiger partial charge in [-0.25, -0.2) is 9.97 Å². The van der Waals surface area contributed by atoms with Crippen molar-refractivity contribution < 1.29 is 9.53 Å². The van der Waals surface area contributed by atoms with Gasteiger partial charge in [-0.1, -0.05) is 12.1 Å². The van der Waals surface area contributed by atoms with Crippen LogP contribution in [-0.4, -0.2) is 61.3 Å². The lowest BCUT2D eigenvalue weighted by molar-refractivity contribution is -0.121. The van der Waals surface area contributed by atoms with Crippen LogP contribution < -0.4 is 20.4 Å². The number of hydrogen-bond donors (Lipinski definition) is 2. The first-order chi connectivity index (χ1) is 16.7. The average Bonchev–Trinajstić information content (AvgIpc) is 3.71. The molecule has 1 aromatic carbocycles. The molecule has 0 unspecified atom stereocenters. The molecule has 8 nitrogen and oxygen atoms in total. The van der Waals surface area contributed by atoms with Crippen molar-refractivity contribution in [2.75, 3.05) is 54.5 Å². The molecule has 0 spiro atoms. The van der Waals surface area contributed by atoms with Gasteiger partial charge in [0, 0.05) is 56.9 Å². The van der Waals surface area contributed by atoms with Crippen LogP contribution >= 0.6 is 0 Å². The van der Waals surface area contributed by atoms with Crippen molar-refractivity contribution in [2.45, 2.75) is 51.1 Å². The Labute approximate surface area is 202 Å². The van der Waals surface area contributed by atoms with E-state index in [0.29, 0.717) is 24.9 Å². The first kappa shape index (κ1) is 22.9. The monoisotopic (exact) mass is 464 g/mol. The Balaban J connectivity index is 1.00. The number of morpholine rings is 1. The molecule has 3 aliphatic rings. The van der Waals surface area contributed by atoms with Gasteiger partial charge in [-0.05, 0) is 55.7 Å². The van der Waals surface area contributed by atoms with Crippen molar-refractivity contribution in [3.05, 3.63) is 42.2 Å². The third-order valence-electron chi connectivity index (χ3n) is 7.10. The van der Waals surface area contributed by atoms with Gasteiger partial charge in [0.25, 0.3) is 0 Å². The van der Waals surface area contributed by atoms with Crippen molar-refractivity contribution in [1.29, 1.82) is 0 Å². The van der Waals surface area contributed by atoms with Crippen LogP contribution in [0.25, 0.3) is 0 Å². The molecule has 1 aliphatic carbocycles. The van der Waals surface area contributed by atoms with E-state index in [1.807, 2.05) is 0 Å². The second-order valence-electron chi connectivity index (χ2n) is 9.69. The Bertz CT molecular complexity index is 935. The van der Waals surface area contributed by atoms with E-state index in [1.165, 1.54) is 18.5 Å². The molecule has 5 rings (SSSR count). The number of nitrogens with one attached hydrogen (secondary N) is 2. The molecule has 1 amide bonds. The number of ether oxygens (including phenoxy) is 1. The number of nitrogens with zero attached hydrogens (tertiary/aromatic N) is 4. The van der Waals surface area contributed by atoms with Crippen molar-refractivity contribution in [3.63, 3.8) is 0 Å². The molecule has 2 saturated heterocycles. The van der Waals surface area contributed by atoms with Crippen LogP contribution in [0.15, 0.2) is 36.7 Å². The van der Waals surface area contributed by atoms with E-state index in [9.17, 15) is 4.79 Å². The molecule has 1 aromatic heterocycles. The third-order valence-corrected chi connectivity index (χ3v) is 7.10. The van der Waals surface area contributed by atoms with Gasteiger partial charge in [-0.2, -0.15) is 0 Å². The topological polar surface area (TPSA) is 82.6 Å². The second-order valence-corrected chi connectivity index (χ2v) is 9.69. The first-order valence-corrected chi connectivity index (χ1v) is 12.7. The Morgan fingerprint density at radius 2 is 1.74 bits per heavy atom. The normalized spacial score (nSPS) is 19.2. The number of amides is 1. The summed E-state index contributed by atoms with van der Waals surface area (Å²) in [5, 5.41) is 6.54. The van der Waals surface area contributed by atoms with Gasteiger partial charge in [0.2, 0.25) is 5.91 Å². The summed E-state index contributed by atoms with van der Waals surface area (Å²) in [7, 11) is 0. The van der Waals surface area contributed by atoms with Gasteiger partial charge in [-0.3, -0.25) is 4.79 Å². The summed E-state index contributed by atoms with van der Waals surface area (Å²) in [5.74, 6) is 2.68. The van der Waals surface area contributed by atoms with Crippen molar-refractivity contribution in [1.82, 2.24) is 15.3 Å². The van der Waals surface area contributed by atoms with Gasteiger partial charge < -0.3 is 25.2 Å². The smallest absolute Gasteiger partial charge is 0.220 e. The lowest BCUT2D eigenvalue weighted by atomic mass is 9.92. The number of piperidine rings is 1. The molecule has 2 aliphatic heterocycles.